The monoisotopic (exact) mass is 266 g/mol. The number of rotatable bonds is 2. The molecule has 1 saturated carbocycles. The van der Waals surface area contributed by atoms with Gasteiger partial charge in [-0.25, -0.2) is 0 Å². The standard InChI is InChI=1S/C19H22O/c1-19(2)11-5-8-18(20)17(19)13-14-9-10-15-6-3-4-7-16(15)12-14/h3-4,6-7,9-10,12,17H,5,8,11,13H2,1-2H3. The molecule has 0 aliphatic heterocycles. The Morgan fingerprint density at radius 1 is 1.10 bits per heavy atom. The van der Waals surface area contributed by atoms with Gasteiger partial charge in [-0.2, -0.15) is 0 Å². The van der Waals surface area contributed by atoms with Gasteiger partial charge in [-0.05, 0) is 41.0 Å². The van der Waals surface area contributed by atoms with E-state index in [1.54, 1.807) is 0 Å². The molecule has 0 radical (unpaired) electrons. The molecule has 104 valence electrons. The number of carbonyl (C=O) groups is 1. The summed E-state index contributed by atoms with van der Waals surface area (Å²) in [6, 6.07) is 15.0. The van der Waals surface area contributed by atoms with Crippen molar-refractivity contribution in [2.45, 2.75) is 39.5 Å². The highest BCUT2D eigenvalue weighted by atomic mass is 16.1. The average molecular weight is 266 g/mol. The fourth-order valence-electron chi connectivity index (χ4n) is 3.49. The zero-order valence-electron chi connectivity index (χ0n) is 12.4. The molecule has 1 fully saturated rings. The van der Waals surface area contributed by atoms with Gasteiger partial charge >= 0.3 is 0 Å². The largest absolute Gasteiger partial charge is 0.299 e. The number of ketones is 1. The molecule has 0 N–H and O–H groups in total. The summed E-state index contributed by atoms with van der Waals surface area (Å²) >= 11 is 0. The van der Waals surface area contributed by atoms with Crippen LogP contribution in [0.1, 0.15) is 38.7 Å². The fourth-order valence-corrected chi connectivity index (χ4v) is 3.49. The van der Waals surface area contributed by atoms with Gasteiger partial charge in [-0.1, -0.05) is 56.3 Å². The lowest BCUT2D eigenvalue weighted by Gasteiger charge is -2.37. The van der Waals surface area contributed by atoms with E-state index in [1.165, 1.54) is 16.3 Å². The molecule has 1 unspecified atom stereocenters. The highest BCUT2D eigenvalue weighted by molar-refractivity contribution is 5.84. The number of Topliss-reactive ketones (excluding diaryl/α,β-unsaturated/α-hetero) is 1. The summed E-state index contributed by atoms with van der Waals surface area (Å²) in [4.78, 5) is 12.3. The van der Waals surface area contributed by atoms with Crippen LogP contribution in [-0.4, -0.2) is 5.78 Å². The minimum absolute atomic E-state index is 0.140. The molecule has 0 amide bonds. The Balaban J connectivity index is 1.90. The topological polar surface area (TPSA) is 17.1 Å². The SMILES string of the molecule is CC1(C)CCCC(=O)C1Cc1ccc2ccccc2c1. The Morgan fingerprint density at radius 3 is 2.60 bits per heavy atom. The van der Waals surface area contributed by atoms with Gasteiger partial charge in [0, 0.05) is 12.3 Å². The maximum atomic E-state index is 12.3. The second kappa shape index (κ2) is 5.05. The Labute approximate surface area is 121 Å². The zero-order chi connectivity index (χ0) is 14.2. The molecule has 1 aliphatic rings. The lowest BCUT2D eigenvalue weighted by Crippen LogP contribution is -2.36. The van der Waals surface area contributed by atoms with Gasteiger partial charge in [0.2, 0.25) is 0 Å². The Hall–Kier alpha value is -1.63. The van der Waals surface area contributed by atoms with Gasteiger partial charge in [0.1, 0.15) is 5.78 Å². The van der Waals surface area contributed by atoms with E-state index in [9.17, 15) is 4.79 Å². The first kappa shape index (κ1) is 13.4. The third kappa shape index (κ3) is 2.49. The maximum Gasteiger partial charge on any atom is 0.136 e. The number of hydrogen-bond donors (Lipinski definition) is 0. The first-order valence-electron chi connectivity index (χ1n) is 7.57. The Kier molecular flexibility index (Phi) is 3.37. The molecule has 0 saturated heterocycles. The van der Waals surface area contributed by atoms with E-state index in [4.69, 9.17) is 0 Å². The molecule has 1 nitrogen and oxygen atoms in total. The molecule has 2 aromatic carbocycles. The number of carbonyl (C=O) groups excluding carboxylic acids is 1. The maximum absolute atomic E-state index is 12.3. The minimum atomic E-state index is 0.140. The minimum Gasteiger partial charge on any atom is -0.299 e. The van der Waals surface area contributed by atoms with Gasteiger partial charge in [0.25, 0.3) is 0 Å². The van der Waals surface area contributed by atoms with Gasteiger partial charge in [-0.3, -0.25) is 4.79 Å². The van der Waals surface area contributed by atoms with E-state index in [0.29, 0.717) is 5.78 Å². The van der Waals surface area contributed by atoms with Crippen molar-refractivity contribution in [2.24, 2.45) is 11.3 Å². The molecule has 1 heteroatoms. The van der Waals surface area contributed by atoms with Crippen LogP contribution in [0.3, 0.4) is 0 Å². The van der Waals surface area contributed by atoms with E-state index >= 15 is 0 Å². The Morgan fingerprint density at radius 2 is 1.85 bits per heavy atom. The lowest BCUT2D eigenvalue weighted by atomic mass is 9.66. The average Bonchev–Trinajstić information content (AvgIpc) is 2.43. The van der Waals surface area contributed by atoms with Crippen LogP contribution in [0.25, 0.3) is 10.8 Å². The van der Waals surface area contributed by atoms with Crippen molar-refractivity contribution in [1.82, 2.24) is 0 Å². The second-order valence-electron chi connectivity index (χ2n) is 6.75. The molecule has 0 heterocycles. The zero-order valence-corrected chi connectivity index (χ0v) is 12.4. The van der Waals surface area contributed by atoms with Crippen LogP contribution in [-0.2, 0) is 11.2 Å². The number of fused-ring (bicyclic) bond motifs is 1. The van der Waals surface area contributed by atoms with Crippen molar-refractivity contribution in [1.29, 1.82) is 0 Å². The van der Waals surface area contributed by atoms with Crippen LogP contribution in [0, 0.1) is 11.3 Å². The molecule has 2 aromatic rings. The van der Waals surface area contributed by atoms with Crippen molar-refractivity contribution in [3.63, 3.8) is 0 Å². The van der Waals surface area contributed by atoms with E-state index in [-0.39, 0.29) is 11.3 Å². The predicted molar refractivity (Wildman–Crippen MR) is 83.8 cm³/mol. The first-order valence-corrected chi connectivity index (χ1v) is 7.57. The highest BCUT2D eigenvalue weighted by Gasteiger charge is 2.37. The molecule has 0 aromatic heterocycles. The first-order chi connectivity index (χ1) is 9.56. The third-order valence-corrected chi connectivity index (χ3v) is 4.83. The van der Waals surface area contributed by atoms with Crippen molar-refractivity contribution < 1.29 is 4.79 Å². The summed E-state index contributed by atoms with van der Waals surface area (Å²) in [5.74, 6) is 0.631. The molecule has 0 bridgehead atoms. The second-order valence-corrected chi connectivity index (χ2v) is 6.75. The highest BCUT2D eigenvalue weighted by Crippen LogP contribution is 2.40. The number of benzene rings is 2. The third-order valence-electron chi connectivity index (χ3n) is 4.83. The van der Waals surface area contributed by atoms with Crippen LogP contribution in [0.2, 0.25) is 0 Å². The molecular weight excluding hydrogens is 244 g/mol. The smallest absolute Gasteiger partial charge is 0.136 e. The van der Waals surface area contributed by atoms with Gasteiger partial charge in [0.05, 0.1) is 0 Å². The molecule has 3 rings (SSSR count). The summed E-state index contributed by atoms with van der Waals surface area (Å²) in [6.45, 7) is 4.49. The lowest BCUT2D eigenvalue weighted by molar-refractivity contribution is -0.129. The summed E-state index contributed by atoms with van der Waals surface area (Å²) in [5, 5.41) is 2.54. The van der Waals surface area contributed by atoms with E-state index < -0.39 is 0 Å². The van der Waals surface area contributed by atoms with Crippen LogP contribution in [0.5, 0.6) is 0 Å². The van der Waals surface area contributed by atoms with Crippen molar-refractivity contribution >= 4 is 16.6 Å². The summed E-state index contributed by atoms with van der Waals surface area (Å²) in [7, 11) is 0. The summed E-state index contributed by atoms with van der Waals surface area (Å²) in [5.41, 5.74) is 1.43. The summed E-state index contributed by atoms with van der Waals surface area (Å²) < 4.78 is 0. The van der Waals surface area contributed by atoms with E-state index in [0.717, 1.165) is 25.7 Å². The van der Waals surface area contributed by atoms with Crippen LogP contribution in [0.15, 0.2) is 42.5 Å². The molecule has 20 heavy (non-hydrogen) atoms. The van der Waals surface area contributed by atoms with Gasteiger partial charge in [-0.15, -0.1) is 0 Å². The van der Waals surface area contributed by atoms with Crippen LogP contribution in [0.4, 0.5) is 0 Å². The van der Waals surface area contributed by atoms with Crippen molar-refractivity contribution in [3.8, 4) is 0 Å². The van der Waals surface area contributed by atoms with E-state index in [1.807, 2.05) is 0 Å². The van der Waals surface area contributed by atoms with Crippen molar-refractivity contribution in [3.05, 3.63) is 48.0 Å². The number of hydrogen-bond acceptors (Lipinski definition) is 1. The van der Waals surface area contributed by atoms with Gasteiger partial charge in [0.15, 0.2) is 0 Å². The van der Waals surface area contributed by atoms with Crippen LogP contribution < -0.4 is 0 Å². The predicted octanol–water partition coefficient (Wildman–Crippen LogP) is 4.78. The molecule has 0 spiro atoms. The molecule has 1 aliphatic carbocycles. The summed E-state index contributed by atoms with van der Waals surface area (Å²) in [6.07, 6.45) is 3.87. The fraction of sp³-hybridized carbons (Fsp3) is 0.421. The molecular formula is C19H22O. The van der Waals surface area contributed by atoms with Crippen molar-refractivity contribution in [2.75, 3.05) is 0 Å². The molecule has 1 atom stereocenters. The quantitative estimate of drug-likeness (QED) is 0.764. The Bertz CT molecular complexity index is 639. The van der Waals surface area contributed by atoms with Gasteiger partial charge < -0.3 is 0 Å². The van der Waals surface area contributed by atoms with Crippen LogP contribution >= 0.6 is 0 Å². The normalized spacial score (nSPS) is 22.1. The van der Waals surface area contributed by atoms with E-state index in [2.05, 4.69) is 56.3 Å².